The number of carbonyl (C=O) groups excluding carboxylic acids is 1. The van der Waals surface area contributed by atoms with E-state index in [-0.39, 0.29) is 12.3 Å². The minimum absolute atomic E-state index is 0.0211. The van der Waals surface area contributed by atoms with Crippen LogP contribution in [0.5, 0.6) is 0 Å². The smallest absolute Gasteiger partial charge is 0.227 e. The molecule has 132 valence electrons. The lowest BCUT2D eigenvalue weighted by molar-refractivity contribution is -0.120. The van der Waals surface area contributed by atoms with Crippen LogP contribution in [-0.4, -0.2) is 32.7 Å². The highest BCUT2D eigenvalue weighted by molar-refractivity contribution is 5.77. The summed E-state index contributed by atoms with van der Waals surface area (Å²) in [6, 6.07) is 10.2. The lowest BCUT2D eigenvalue weighted by Gasteiger charge is -2.12. The predicted molar refractivity (Wildman–Crippen MR) is 95.8 cm³/mol. The third-order valence-electron chi connectivity index (χ3n) is 4.53. The molecule has 0 saturated carbocycles. The summed E-state index contributed by atoms with van der Waals surface area (Å²) in [6.07, 6.45) is 9.25. The van der Waals surface area contributed by atoms with Gasteiger partial charge in [0, 0.05) is 13.1 Å². The van der Waals surface area contributed by atoms with Crippen LogP contribution in [0, 0.1) is 0 Å². The zero-order chi connectivity index (χ0) is 17.3. The lowest BCUT2D eigenvalue weighted by atomic mass is 9.97. The van der Waals surface area contributed by atoms with Crippen molar-refractivity contribution in [2.45, 2.75) is 51.5 Å². The number of benzene rings is 1. The van der Waals surface area contributed by atoms with Crippen molar-refractivity contribution in [3.8, 4) is 0 Å². The number of hydrogen-bond donors (Lipinski definition) is 1. The fourth-order valence-electron chi connectivity index (χ4n) is 3.10. The van der Waals surface area contributed by atoms with E-state index in [1.54, 1.807) is 4.68 Å². The average Bonchev–Trinajstić information content (AvgIpc) is 3.09. The Morgan fingerprint density at radius 1 is 1.16 bits per heavy atom. The maximum Gasteiger partial charge on any atom is 0.227 e. The fraction of sp³-hybridized carbons (Fsp3) is 0.474. The number of rotatable bonds is 8. The first kappa shape index (κ1) is 17.3. The maximum atomic E-state index is 12.1. The van der Waals surface area contributed by atoms with Crippen LogP contribution in [-0.2, 0) is 24.2 Å². The summed E-state index contributed by atoms with van der Waals surface area (Å²) in [5.74, 6) is 0.595. The molecule has 1 aliphatic rings. The van der Waals surface area contributed by atoms with Crippen LogP contribution in [0.1, 0.15) is 43.5 Å². The summed E-state index contributed by atoms with van der Waals surface area (Å²) in [5, 5.41) is 14.7. The van der Waals surface area contributed by atoms with Crippen molar-refractivity contribution < 1.29 is 4.79 Å². The van der Waals surface area contributed by atoms with E-state index in [1.165, 1.54) is 36.8 Å². The molecule has 25 heavy (non-hydrogen) atoms. The Kier molecular flexibility index (Phi) is 6.31. The highest BCUT2D eigenvalue weighted by atomic mass is 16.1. The number of nitrogens with zero attached hydrogens (tertiary/aromatic N) is 4. The van der Waals surface area contributed by atoms with Crippen LogP contribution in [0.3, 0.4) is 0 Å². The van der Waals surface area contributed by atoms with Crippen molar-refractivity contribution in [3.63, 3.8) is 0 Å². The highest BCUT2D eigenvalue weighted by Crippen LogP contribution is 2.19. The van der Waals surface area contributed by atoms with Crippen LogP contribution in [0.25, 0.3) is 0 Å². The normalized spacial score (nSPS) is 14.2. The zero-order valence-electron chi connectivity index (χ0n) is 14.5. The van der Waals surface area contributed by atoms with Crippen LogP contribution in [0.15, 0.2) is 42.0 Å². The SMILES string of the molecule is O=C(Cc1nnnn1CCc1ccccc1)NCCC1=CCCCC1. The predicted octanol–water partition coefficient (Wildman–Crippen LogP) is 2.46. The van der Waals surface area contributed by atoms with Crippen LogP contribution in [0.4, 0.5) is 0 Å². The van der Waals surface area contributed by atoms with E-state index in [4.69, 9.17) is 0 Å². The van der Waals surface area contributed by atoms with E-state index in [2.05, 4.69) is 39.1 Å². The number of amides is 1. The second kappa shape index (κ2) is 9.11. The van der Waals surface area contributed by atoms with E-state index in [1.807, 2.05) is 18.2 Å². The molecule has 3 rings (SSSR count). The number of tetrazole rings is 1. The summed E-state index contributed by atoms with van der Waals surface area (Å²) < 4.78 is 1.72. The summed E-state index contributed by atoms with van der Waals surface area (Å²) in [4.78, 5) is 12.1. The van der Waals surface area contributed by atoms with Gasteiger partial charge in [-0.3, -0.25) is 4.79 Å². The number of aryl methyl sites for hydroxylation is 2. The molecular formula is C19H25N5O. The first-order valence-corrected chi connectivity index (χ1v) is 9.05. The third-order valence-corrected chi connectivity index (χ3v) is 4.53. The van der Waals surface area contributed by atoms with E-state index in [0.717, 1.165) is 12.8 Å². The summed E-state index contributed by atoms with van der Waals surface area (Å²) in [7, 11) is 0. The minimum atomic E-state index is -0.0211. The van der Waals surface area contributed by atoms with Gasteiger partial charge in [-0.15, -0.1) is 5.10 Å². The molecule has 1 heterocycles. The van der Waals surface area contributed by atoms with Gasteiger partial charge < -0.3 is 5.32 Å². The summed E-state index contributed by atoms with van der Waals surface area (Å²) in [5.41, 5.74) is 2.70. The molecule has 0 aliphatic heterocycles. The van der Waals surface area contributed by atoms with E-state index >= 15 is 0 Å². The molecule has 1 aromatic heterocycles. The minimum Gasteiger partial charge on any atom is -0.355 e. The number of carbonyl (C=O) groups is 1. The quantitative estimate of drug-likeness (QED) is 0.750. The molecular weight excluding hydrogens is 314 g/mol. The fourth-order valence-corrected chi connectivity index (χ4v) is 3.10. The van der Waals surface area contributed by atoms with Crippen molar-refractivity contribution in [2.24, 2.45) is 0 Å². The first-order chi connectivity index (χ1) is 12.3. The number of aromatic nitrogens is 4. The maximum absolute atomic E-state index is 12.1. The van der Waals surface area contributed by atoms with Crippen molar-refractivity contribution in [2.75, 3.05) is 6.54 Å². The summed E-state index contributed by atoms with van der Waals surface area (Å²) in [6.45, 7) is 1.36. The number of allylic oxidation sites excluding steroid dienone is 1. The molecule has 0 saturated heterocycles. The van der Waals surface area contributed by atoms with Gasteiger partial charge >= 0.3 is 0 Å². The molecule has 6 heteroatoms. The van der Waals surface area contributed by atoms with Crippen LogP contribution < -0.4 is 5.32 Å². The van der Waals surface area contributed by atoms with Gasteiger partial charge in [-0.05, 0) is 54.5 Å². The second-order valence-corrected chi connectivity index (χ2v) is 6.44. The third kappa shape index (κ3) is 5.52. The largest absolute Gasteiger partial charge is 0.355 e. The van der Waals surface area contributed by atoms with Gasteiger partial charge in [0.05, 0.1) is 6.42 Å². The molecule has 0 radical (unpaired) electrons. The van der Waals surface area contributed by atoms with Gasteiger partial charge in [-0.2, -0.15) is 0 Å². The lowest BCUT2D eigenvalue weighted by Crippen LogP contribution is -2.28. The Balaban J connectivity index is 1.43. The van der Waals surface area contributed by atoms with E-state index in [0.29, 0.717) is 18.9 Å². The molecule has 0 spiro atoms. The second-order valence-electron chi connectivity index (χ2n) is 6.44. The Morgan fingerprint density at radius 2 is 2.04 bits per heavy atom. The van der Waals surface area contributed by atoms with Gasteiger partial charge in [0.25, 0.3) is 0 Å². The van der Waals surface area contributed by atoms with Gasteiger partial charge in [0.2, 0.25) is 5.91 Å². The van der Waals surface area contributed by atoms with Crippen LogP contribution in [0.2, 0.25) is 0 Å². The molecule has 1 aromatic carbocycles. The highest BCUT2D eigenvalue weighted by Gasteiger charge is 2.12. The van der Waals surface area contributed by atoms with Crippen molar-refractivity contribution in [1.82, 2.24) is 25.5 Å². The molecule has 0 bridgehead atoms. The Bertz CT molecular complexity index is 708. The standard InChI is InChI=1S/C19H25N5O/c25-19(20-13-11-16-7-3-1-4-8-16)15-18-21-22-23-24(18)14-12-17-9-5-2-6-10-17/h2,5-7,9-10H,1,3-4,8,11-15H2,(H,20,25). The summed E-state index contributed by atoms with van der Waals surface area (Å²) >= 11 is 0. The molecule has 0 fully saturated rings. The molecule has 1 amide bonds. The van der Waals surface area contributed by atoms with Gasteiger partial charge in [-0.1, -0.05) is 42.0 Å². The van der Waals surface area contributed by atoms with Crippen LogP contribution >= 0.6 is 0 Å². The van der Waals surface area contributed by atoms with E-state index in [9.17, 15) is 4.79 Å². The zero-order valence-corrected chi connectivity index (χ0v) is 14.5. The Hall–Kier alpha value is -2.50. The number of nitrogens with one attached hydrogen (secondary N) is 1. The first-order valence-electron chi connectivity index (χ1n) is 9.05. The molecule has 0 unspecified atom stereocenters. The Morgan fingerprint density at radius 3 is 2.84 bits per heavy atom. The number of hydrogen-bond acceptors (Lipinski definition) is 4. The molecule has 1 N–H and O–H groups in total. The van der Waals surface area contributed by atoms with Crippen molar-refractivity contribution in [1.29, 1.82) is 0 Å². The van der Waals surface area contributed by atoms with Gasteiger partial charge in [0.1, 0.15) is 0 Å². The Labute approximate surface area is 148 Å². The average molecular weight is 339 g/mol. The molecule has 2 aromatic rings. The topological polar surface area (TPSA) is 72.7 Å². The molecule has 1 aliphatic carbocycles. The monoisotopic (exact) mass is 339 g/mol. The van der Waals surface area contributed by atoms with E-state index < -0.39 is 0 Å². The van der Waals surface area contributed by atoms with Gasteiger partial charge in [-0.25, -0.2) is 4.68 Å². The molecule has 0 atom stereocenters. The van der Waals surface area contributed by atoms with Crippen molar-refractivity contribution >= 4 is 5.91 Å². The molecule has 6 nitrogen and oxygen atoms in total. The van der Waals surface area contributed by atoms with Crippen molar-refractivity contribution in [3.05, 3.63) is 53.4 Å². The van der Waals surface area contributed by atoms with Gasteiger partial charge in [0.15, 0.2) is 5.82 Å².